The fourth-order valence-electron chi connectivity index (χ4n) is 4.40. The third-order valence-corrected chi connectivity index (χ3v) is 6.43. The standard InChI is InChI=1S/C31H48NO3/c1-4-5-6-7-8-12-20-29-21-13-14-22-30(29)34-25-15-16-26-35-31(33)23-17-24-32(2,3)27-28-18-10-9-11-19-28/h9-11,13-14,18-19,21-22H,4-8,12,15-17,20,23-27H2,1-3H3/q+1. The van der Waals surface area contributed by atoms with Crippen LogP contribution in [-0.4, -0.2) is 44.3 Å². The second-order valence-electron chi connectivity index (χ2n) is 10.3. The minimum atomic E-state index is -0.0880. The van der Waals surface area contributed by atoms with Crippen molar-refractivity contribution in [3.8, 4) is 5.75 Å². The van der Waals surface area contributed by atoms with Gasteiger partial charge in [-0.25, -0.2) is 0 Å². The lowest BCUT2D eigenvalue weighted by Crippen LogP contribution is -2.39. The molecule has 0 amide bonds. The molecule has 35 heavy (non-hydrogen) atoms. The predicted molar refractivity (Wildman–Crippen MR) is 146 cm³/mol. The van der Waals surface area contributed by atoms with Crippen molar-refractivity contribution in [1.29, 1.82) is 0 Å². The second-order valence-corrected chi connectivity index (χ2v) is 10.3. The van der Waals surface area contributed by atoms with Crippen molar-refractivity contribution in [2.24, 2.45) is 0 Å². The Morgan fingerprint density at radius 2 is 1.46 bits per heavy atom. The number of carbonyl (C=O) groups excluding carboxylic acids is 1. The molecule has 0 saturated heterocycles. The molecule has 0 saturated carbocycles. The summed E-state index contributed by atoms with van der Waals surface area (Å²) in [6.45, 7) is 5.32. The first kappa shape index (κ1) is 28.9. The van der Waals surface area contributed by atoms with E-state index in [1.54, 1.807) is 0 Å². The Balaban J connectivity index is 1.53. The van der Waals surface area contributed by atoms with Crippen LogP contribution in [0.5, 0.6) is 5.75 Å². The summed E-state index contributed by atoms with van der Waals surface area (Å²) in [4.78, 5) is 12.1. The van der Waals surface area contributed by atoms with Gasteiger partial charge in [0.05, 0.1) is 40.3 Å². The molecule has 0 aliphatic heterocycles. The number of hydrogen-bond donors (Lipinski definition) is 0. The van der Waals surface area contributed by atoms with Crippen LogP contribution in [0.4, 0.5) is 0 Å². The van der Waals surface area contributed by atoms with Gasteiger partial charge in [-0.2, -0.15) is 0 Å². The van der Waals surface area contributed by atoms with E-state index in [0.717, 1.165) is 49.0 Å². The molecule has 0 atom stereocenters. The Morgan fingerprint density at radius 3 is 2.26 bits per heavy atom. The molecule has 0 fully saturated rings. The van der Waals surface area contributed by atoms with Crippen molar-refractivity contribution in [3.05, 3.63) is 65.7 Å². The zero-order valence-electron chi connectivity index (χ0n) is 22.5. The molecule has 0 unspecified atom stereocenters. The predicted octanol–water partition coefficient (Wildman–Crippen LogP) is 7.35. The number of carbonyl (C=O) groups is 1. The van der Waals surface area contributed by atoms with Crippen LogP contribution in [0.15, 0.2) is 54.6 Å². The Labute approximate surface area is 214 Å². The minimum absolute atomic E-state index is 0.0880. The zero-order valence-corrected chi connectivity index (χ0v) is 22.5. The molecule has 4 heteroatoms. The second kappa shape index (κ2) is 17.2. The van der Waals surface area contributed by atoms with E-state index in [1.807, 2.05) is 12.1 Å². The molecule has 4 nitrogen and oxygen atoms in total. The van der Waals surface area contributed by atoms with Gasteiger partial charge in [0.2, 0.25) is 0 Å². The van der Waals surface area contributed by atoms with E-state index in [0.29, 0.717) is 19.6 Å². The Kier molecular flexibility index (Phi) is 14.2. The van der Waals surface area contributed by atoms with Crippen LogP contribution in [-0.2, 0) is 22.5 Å². The first-order valence-corrected chi connectivity index (χ1v) is 13.7. The number of hydrogen-bond acceptors (Lipinski definition) is 3. The van der Waals surface area contributed by atoms with Crippen LogP contribution in [0.25, 0.3) is 0 Å². The fourth-order valence-corrected chi connectivity index (χ4v) is 4.40. The van der Waals surface area contributed by atoms with E-state index in [4.69, 9.17) is 9.47 Å². The van der Waals surface area contributed by atoms with Gasteiger partial charge < -0.3 is 14.0 Å². The van der Waals surface area contributed by atoms with E-state index in [1.165, 1.54) is 49.7 Å². The lowest BCUT2D eigenvalue weighted by Gasteiger charge is -2.29. The smallest absolute Gasteiger partial charge is 0.306 e. The monoisotopic (exact) mass is 482 g/mol. The molecule has 0 spiro atoms. The lowest BCUT2D eigenvalue weighted by molar-refractivity contribution is -0.903. The van der Waals surface area contributed by atoms with E-state index in [-0.39, 0.29) is 5.97 Å². The van der Waals surface area contributed by atoms with Gasteiger partial charge in [-0.05, 0) is 37.3 Å². The van der Waals surface area contributed by atoms with Crippen molar-refractivity contribution < 1.29 is 18.8 Å². The maximum absolute atomic E-state index is 12.1. The van der Waals surface area contributed by atoms with Gasteiger partial charge >= 0.3 is 5.97 Å². The fraction of sp³-hybridized carbons (Fsp3) is 0.581. The van der Waals surface area contributed by atoms with E-state index < -0.39 is 0 Å². The lowest BCUT2D eigenvalue weighted by atomic mass is 10.0. The Hall–Kier alpha value is -2.33. The maximum Gasteiger partial charge on any atom is 0.306 e. The molecule has 2 rings (SSSR count). The zero-order chi connectivity index (χ0) is 25.2. The normalized spacial score (nSPS) is 11.4. The number of ether oxygens (including phenoxy) is 2. The van der Waals surface area contributed by atoms with E-state index >= 15 is 0 Å². The van der Waals surface area contributed by atoms with Crippen molar-refractivity contribution in [3.63, 3.8) is 0 Å². The number of rotatable bonds is 19. The number of esters is 1. The highest BCUT2D eigenvalue weighted by atomic mass is 16.5. The highest BCUT2D eigenvalue weighted by Gasteiger charge is 2.16. The summed E-state index contributed by atoms with van der Waals surface area (Å²) in [6.07, 6.45) is 12.0. The summed E-state index contributed by atoms with van der Waals surface area (Å²) in [6, 6.07) is 18.9. The van der Waals surface area contributed by atoms with Gasteiger partial charge in [-0.15, -0.1) is 0 Å². The molecule has 0 bridgehead atoms. The van der Waals surface area contributed by atoms with Gasteiger partial charge in [0.1, 0.15) is 12.3 Å². The number of quaternary nitrogens is 1. The van der Waals surface area contributed by atoms with Gasteiger partial charge in [0.25, 0.3) is 0 Å². The van der Waals surface area contributed by atoms with Crippen LogP contribution in [0.1, 0.15) is 82.3 Å². The number of unbranched alkanes of at least 4 members (excludes halogenated alkanes) is 6. The number of nitrogens with zero attached hydrogens (tertiary/aromatic N) is 1. The summed E-state index contributed by atoms with van der Waals surface area (Å²) in [5, 5.41) is 0. The van der Waals surface area contributed by atoms with Gasteiger partial charge in [-0.1, -0.05) is 87.6 Å². The third kappa shape index (κ3) is 13.4. The minimum Gasteiger partial charge on any atom is -0.493 e. The molecule has 0 aliphatic rings. The van der Waals surface area contributed by atoms with Gasteiger partial charge in [-0.3, -0.25) is 4.79 Å². The first-order chi connectivity index (χ1) is 17.0. The number of benzene rings is 2. The molecule has 0 radical (unpaired) electrons. The highest BCUT2D eigenvalue weighted by molar-refractivity contribution is 5.69. The molecule has 0 N–H and O–H groups in total. The average molecular weight is 483 g/mol. The summed E-state index contributed by atoms with van der Waals surface area (Å²) in [5.74, 6) is 0.921. The third-order valence-electron chi connectivity index (χ3n) is 6.43. The van der Waals surface area contributed by atoms with Crippen molar-refractivity contribution in [1.82, 2.24) is 0 Å². The first-order valence-electron chi connectivity index (χ1n) is 13.7. The molecule has 0 heterocycles. The van der Waals surface area contributed by atoms with Crippen LogP contribution >= 0.6 is 0 Å². The molecule has 2 aromatic carbocycles. The molecular formula is C31H48NO3+. The molecule has 194 valence electrons. The Morgan fingerprint density at radius 1 is 0.771 bits per heavy atom. The average Bonchev–Trinajstić information content (AvgIpc) is 2.84. The maximum atomic E-state index is 12.1. The quantitative estimate of drug-likeness (QED) is 0.119. The largest absolute Gasteiger partial charge is 0.493 e. The van der Waals surface area contributed by atoms with Gasteiger partial charge in [0, 0.05) is 12.0 Å². The van der Waals surface area contributed by atoms with E-state index in [2.05, 4.69) is 63.5 Å². The van der Waals surface area contributed by atoms with Crippen LogP contribution in [0.3, 0.4) is 0 Å². The molecule has 2 aromatic rings. The van der Waals surface area contributed by atoms with Crippen LogP contribution in [0.2, 0.25) is 0 Å². The topological polar surface area (TPSA) is 35.5 Å². The molecule has 0 aromatic heterocycles. The summed E-state index contributed by atoms with van der Waals surface area (Å²) >= 11 is 0. The van der Waals surface area contributed by atoms with Crippen molar-refractivity contribution in [2.45, 2.75) is 84.1 Å². The number of para-hydroxylation sites is 1. The summed E-state index contributed by atoms with van der Waals surface area (Å²) in [7, 11) is 4.42. The van der Waals surface area contributed by atoms with Crippen molar-refractivity contribution >= 4 is 5.97 Å². The Bertz CT molecular complexity index is 819. The van der Waals surface area contributed by atoms with E-state index in [9.17, 15) is 4.79 Å². The SMILES string of the molecule is CCCCCCCCc1ccccc1OCCCCOC(=O)CCC[N+](C)(C)Cc1ccccc1. The summed E-state index contributed by atoms with van der Waals surface area (Å²) in [5.41, 5.74) is 2.63. The van der Waals surface area contributed by atoms with Crippen molar-refractivity contribution in [2.75, 3.05) is 33.9 Å². The number of aryl methyl sites for hydroxylation is 1. The molecule has 0 aliphatic carbocycles. The van der Waals surface area contributed by atoms with Crippen LogP contribution in [0, 0.1) is 0 Å². The molecular weight excluding hydrogens is 434 g/mol. The highest BCUT2D eigenvalue weighted by Crippen LogP contribution is 2.21. The van der Waals surface area contributed by atoms with Gasteiger partial charge in [0.15, 0.2) is 0 Å². The van der Waals surface area contributed by atoms with Crippen LogP contribution < -0.4 is 4.74 Å². The summed E-state index contributed by atoms with van der Waals surface area (Å²) < 4.78 is 12.4.